The van der Waals surface area contributed by atoms with Crippen LogP contribution in [0.15, 0.2) is 52.9 Å². The van der Waals surface area contributed by atoms with E-state index < -0.39 is 6.10 Å². The molecule has 2 aromatic carbocycles. The molecule has 0 aliphatic carbocycles. The molecule has 2 N–H and O–H groups in total. The Kier molecular flexibility index (Phi) is 5.74. The minimum Gasteiger partial charge on any atom is -0.490 e. The summed E-state index contributed by atoms with van der Waals surface area (Å²) in [5.41, 5.74) is 2.89. The van der Waals surface area contributed by atoms with E-state index in [1.54, 1.807) is 24.3 Å². The Morgan fingerprint density at radius 2 is 1.80 bits per heavy atom. The predicted octanol–water partition coefficient (Wildman–Crippen LogP) is 4.38. The first-order valence-corrected chi connectivity index (χ1v) is 8.72. The molecule has 0 saturated carbocycles. The fourth-order valence-corrected chi connectivity index (χ4v) is 2.76. The van der Waals surface area contributed by atoms with Crippen LogP contribution in [0.4, 0.5) is 0 Å². The highest BCUT2D eigenvalue weighted by molar-refractivity contribution is 5.78. The average molecular weight is 340 g/mol. The van der Waals surface area contributed by atoms with Crippen LogP contribution in [0.1, 0.15) is 42.8 Å². The zero-order valence-corrected chi connectivity index (χ0v) is 14.4. The number of rotatable bonds is 8. The largest absolute Gasteiger partial charge is 0.490 e. The monoisotopic (exact) mass is 340 g/mol. The molecule has 1 atom stereocenters. The van der Waals surface area contributed by atoms with Gasteiger partial charge in [-0.3, -0.25) is 0 Å². The van der Waals surface area contributed by atoms with E-state index in [1.165, 1.54) is 18.4 Å². The number of hydrogen-bond donors (Lipinski definition) is 2. The molecule has 3 rings (SSSR count). The third-order valence-electron chi connectivity index (χ3n) is 4.26. The van der Waals surface area contributed by atoms with Crippen molar-refractivity contribution in [3.8, 4) is 5.75 Å². The van der Waals surface area contributed by atoms with Gasteiger partial charge in [-0.15, -0.1) is 0 Å². The maximum absolute atomic E-state index is 10.3. The van der Waals surface area contributed by atoms with Crippen molar-refractivity contribution < 1.29 is 19.4 Å². The zero-order chi connectivity index (χ0) is 17.6. The van der Waals surface area contributed by atoms with Gasteiger partial charge in [0.25, 0.3) is 0 Å². The van der Waals surface area contributed by atoms with Crippen molar-refractivity contribution in [2.45, 2.75) is 38.9 Å². The molecule has 25 heavy (non-hydrogen) atoms. The summed E-state index contributed by atoms with van der Waals surface area (Å²) in [6.45, 7) is 2.30. The number of aryl methyl sites for hydroxylation is 1. The van der Waals surface area contributed by atoms with Gasteiger partial charge in [0.15, 0.2) is 0 Å². The highest BCUT2D eigenvalue weighted by atomic mass is 16.5. The summed E-state index contributed by atoms with van der Waals surface area (Å²) in [6.07, 6.45) is 2.57. The lowest BCUT2D eigenvalue weighted by atomic mass is 10.1. The van der Waals surface area contributed by atoms with E-state index in [0.29, 0.717) is 11.5 Å². The molecule has 0 amide bonds. The number of fused-ring (bicyclic) bond motifs is 1. The third kappa shape index (κ3) is 4.41. The molecule has 1 heterocycles. The van der Waals surface area contributed by atoms with Gasteiger partial charge in [0.2, 0.25) is 0 Å². The summed E-state index contributed by atoms with van der Waals surface area (Å²) in [7, 11) is 0. The fraction of sp³-hybridized carbons (Fsp3) is 0.333. The molecule has 1 aromatic heterocycles. The van der Waals surface area contributed by atoms with E-state index >= 15 is 0 Å². The lowest BCUT2D eigenvalue weighted by Gasteiger charge is -2.10. The molecule has 0 radical (unpaired) electrons. The first-order chi connectivity index (χ1) is 12.2. The van der Waals surface area contributed by atoms with Crippen LogP contribution in [0.3, 0.4) is 0 Å². The molecule has 0 aliphatic heterocycles. The number of benzene rings is 2. The Hall–Kier alpha value is -2.30. The Morgan fingerprint density at radius 1 is 1.04 bits per heavy atom. The summed E-state index contributed by atoms with van der Waals surface area (Å²) >= 11 is 0. The van der Waals surface area contributed by atoms with E-state index in [1.807, 2.05) is 12.1 Å². The molecule has 3 aromatic rings. The van der Waals surface area contributed by atoms with Crippen molar-refractivity contribution in [3.63, 3.8) is 0 Å². The lowest BCUT2D eigenvalue weighted by Crippen LogP contribution is -2.08. The Balaban J connectivity index is 1.65. The topological polar surface area (TPSA) is 62.8 Å². The Labute approximate surface area is 147 Å². The van der Waals surface area contributed by atoms with Crippen molar-refractivity contribution in [1.82, 2.24) is 0 Å². The number of ether oxygens (including phenoxy) is 1. The number of furan rings is 1. The SMILES string of the molecule is CCCCc1ccc2oc(C(O)COc3ccc(CO)cc3)cc2c1. The van der Waals surface area contributed by atoms with Crippen LogP contribution in [0.2, 0.25) is 0 Å². The molecule has 0 fully saturated rings. The van der Waals surface area contributed by atoms with Crippen molar-refractivity contribution in [3.05, 3.63) is 65.4 Å². The van der Waals surface area contributed by atoms with Crippen LogP contribution < -0.4 is 4.74 Å². The van der Waals surface area contributed by atoms with Crippen LogP contribution in [-0.4, -0.2) is 16.8 Å². The number of aliphatic hydroxyl groups excluding tert-OH is 2. The zero-order valence-electron chi connectivity index (χ0n) is 14.4. The standard InChI is InChI=1S/C21H24O4/c1-2-3-4-15-7-10-20-17(11-15)12-21(25-20)19(23)14-24-18-8-5-16(13-22)6-9-18/h5-12,19,22-23H,2-4,13-14H2,1H3. The van der Waals surface area contributed by atoms with Gasteiger partial charge >= 0.3 is 0 Å². The molecule has 0 bridgehead atoms. The summed E-state index contributed by atoms with van der Waals surface area (Å²) in [5.74, 6) is 1.16. The molecule has 0 saturated heterocycles. The van der Waals surface area contributed by atoms with Gasteiger partial charge < -0.3 is 19.4 Å². The summed E-state index contributed by atoms with van der Waals surface area (Å²) in [6, 6.07) is 15.2. The minimum absolute atomic E-state index is 0.00212. The third-order valence-corrected chi connectivity index (χ3v) is 4.26. The van der Waals surface area contributed by atoms with E-state index in [2.05, 4.69) is 19.1 Å². The first kappa shape index (κ1) is 17.5. The van der Waals surface area contributed by atoms with E-state index in [-0.39, 0.29) is 13.2 Å². The Morgan fingerprint density at radius 3 is 2.52 bits per heavy atom. The average Bonchev–Trinajstić information content (AvgIpc) is 3.08. The molecule has 0 spiro atoms. The van der Waals surface area contributed by atoms with Gasteiger partial charge in [-0.2, -0.15) is 0 Å². The van der Waals surface area contributed by atoms with Crippen molar-refractivity contribution >= 4 is 11.0 Å². The van der Waals surface area contributed by atoms with Gasteiger partial charge in [0.1, 0.15) is 29.8 Å². The summed E-state index contributed by atoms with van der Waals surface area (Å²) in [4.78, 5) is 0. The summed E-state index contributed by atoms with van der Waals surface area (Å²) < 4.78 is 11.4. The number of aliphatic hydroxyl groups is 2. The molecular weight excluding hydrogens is 316 g/mol. The van der Waals surface area contributed by atoms with Crippen LogP contribution in [0.25, 0.3) is 11.0 Å². The second-order valence-corrected chi connectivity index (χ2v) is 6.25. The van der Waals surface area contributed by atoms with Crippen LogP contribution in [0, 0.1) is 0 Å². The second-order valence-electron chi connectivity index (χ2n) is 6.25. The van der Waals surface area contributed by atoms with Crippen molar-refractivity contribution in [1.29, 1.82) is 0 Å². The number of unbranched alkanes of at least 4 members (excludes halogenated alkanes) is 1. The smallest absolute Gasteiger partial charge is 0.145 e. The predicted molar refractivity (Wildman–Crippen MR) is 97.6 cm³/mol. The Bertz CT molecular complexity index is 804. The quantitative estimate of drug-likeness (QED) is 0.639. The highest BCUT2D eigenvalue weighted by Gasteiger charge is 2.14. The van der Waals surface area contributed by atoms with Gasteiger partial charge in [0, 0.05) is 5.39 Å². The molecule has 132 valence electrons. The van der Waals surface area contributed by atoms with E-state index in [0.717, 1.165) is 23.0 Å². The van der Waals surface area contributed by atoms with Crippen molar-refractivity contribution in [2.75, 3.05) is 6.61 Å². The van der Waals surface area contributed by atoms with E-state index in [4.69, 9.17) is 14.3 Å². The number of hydrogen-bond acceptors (Lipinski definition) is 4. The van der Waals surface area contributed by atoms with Crippen molar-refractivity contribution in [2.24, 2.45) is 0 Å². The molecule has 4 nitrogen and oxygen atoms in total. The van der Waals surface area contributed by atoms with Gasteiger partial charge in [-0.1, -0.05) is 31.5 Å². The maximum Gasteiger partial charge on any atom is 0.145 e. The summed E-state index contributed by atoms with van der Waals surface area (Å²) in [5, 5.41) is 20.4. The van der Waals surface area contributed by atoms with Crippen LogP contribution in [0.5, 0.6) is 5.75 Å². The van der Waals surface area contributed by atoms with Gasteiger partial charge in [0.05, 0.1) is 6.61 Å². The van der Waals surface area contributed by atoms with E-state index in [9.17, 15) is 5.11 Å². The molecular formula is C21H24O4. The van der Waals surface area contributed by atoms with Gasteiger partial charge in [-0.25, -0.2) is 0 Å². The van der Waals surface area contributed by atoms with Gasteiger partial charge in [-0.05, 0) is 54.3 Å². The van der Waals surface area contributed by atoms with Crippen LogP contribution >= 0.6 is 0 Å². The highest BCUT2D eigenvalue weighted by Crippen LogP contribution is 2.26. The fourth-order valence-electron chi connectivity index (χ4n) is 2.76. The maximum atomic E-state index is 10.3. The first-order valence-electron chi connectivity index (χ1n) is 8.72. The second kappa shape index (κ2) is 8.19. The molecule has 1 unspecified atom stereocenters. The minimum atomic E-state index is -0.830. The molecule has 0 aliphatic rings. The molecule has 4 heteroatoms. The lowest BCUT2D eigenvalue weighted by molar-refractivity contribution is 0.0903. The van der Waals surface area contributed by atoms with Crippen LogP contribution in [-0.2, 0) is 13.0 Å². The normalized spacial score (nSPS) is 12.4.